The van der Waals surface area contributed by atoms with Gasteiger partial charge in [0.15, 0.2) is 5.16 Å². The number of amides is 1. The molecule has 148 valence electrons. The Balaban J connectivity index is 1.74. The van der Waals surface area contributed by atoms with Gasteiger partial charge in [0.1, 0.15) is 5.52 Å². The number of hydrogen-bond donors (Lipinski definition) is 2. The monoisotopic (exact) mass is 418 g/mol. The lowest BCUT2D eigenvalue weighted by atomic mass is 10.2. The smallest absolute Gasteiger partial charge is 0.278 e. The van der Waals surface area contributed by atoms with E-state index < -0.39 is 0 Å². The summed E-state index contributed by atoms with van der Waals surface area (Å²) in [6.45, 7) is 6.89. The summed E-state index contributed by atoms with van der Waals surface area (Å²) in [5.74, 6) is 0.311. The van der Waals surface area contributed by atoms with Gasteiger partial charge in [-0.1, -0.05) is 55.4 Å². The Bertz CT molecular complexity index is 1060. The zero-order valence-electron chi connectivity index (χ0n) is 16.1. The number of benzene rings is 1. The molecule has 2 N–H and O–H groups in total. The summed E-state index contributed by atoms with van der Waals surface area (Å²) in [7, 11) is 0. The molecule has 0 aliphatic carbocycles. The van der Waals surface area contributed by atoms with Gasteiger partial charge in [0.2, 0.25) is 5.91 Å². The van der Waals surface area contributed by atoms with Gasteiger partial charge in [0.25, 0.3) is 5.56 Å². The molecule has 0 fully saturated rings. The second-order valence-electron chi connectivity index (χ2n) is 7.07. The number of nitrogens with one attached hydrogen (secondary N) is 2. The molecule has 2 heterocycles. The molecule has 3 rings (SSSR count). The fraction of sp³-hybridized carbons (Fsp3) is 0.350. The SMILES string of the molecule is Cc1cc2nc(SCC(=O)NCc3ccccc3Cl)n(CC(C)C)c(=O)c2[nH]1. The van der Waals surface area contributed by atoms with Gasteiger partial charge in [-0.25, -0.2) is 4.98 Å². The minimum absolute atomic E-state index is 0.106. The molecule has 0 radical (unpaired) electrons. The second-order valence-corrected chi connectivity index (χ2v) is 8.42. The molecule has 2 aromatic heterocycles. The molecule has 3 aromatic rings. The Hall–Kier alpha value is -2.25. The highest BCUT2D eigenvalue weighted by molar-refractivity contribution is 7.99. The molecule has 0 spiro atoms. The third kappa shape index (κ3) is 4.77. The van der Waals surface area contributed by atoms with E-state index in [2.05, 4.69) is 15.3 Å². The van der Waals surface area contributed by atoms with Crippen LogP contribution in [-0.4, -0.2) is 26.2 Å². The number of rotatable bonds is 7. The highest BCUT2D eigenvalue weighted by Gasteiger charge is 2.15. The molecule has 1 amide bonds. The Morgan fingerprint density at radius 3 is 2.82 bits per heavy atom. The Morgan fingerprint density at radius 2 is 2.11 bits per heavy atom. The average molecular weight is 419 g/mol. The van der Waals surface area contributed by atoms with Crippen molar-refractivity contribution in [3.63, 3.8) is 0 Å². The van der Waals surface area contributed by atoms with Crippen molar-refractivity contribution in [2.45, 2.75) is 39.0 Å². The molecule has 0 saturated heterocycles. The van der Waals surface area contributed by atoms with Crippen LogP contribution in [0.5, 0.6) is 0 Å². The van der Waals surface area contributed by atoms with E-state index in [1.54, 1.807) is 10.6 Å². The Morgan fingerprint density at radius 1 is 1.36 bits per heavy atom. The first-order valence-corrected chi connectivity index (χ1v) is 10.4. The minimum Gasteiger partial charge on any atom is -0.353 e. The maximum atomic E-state index is 12.9. The van der Waals surface area contributed by atoms with Crippen LogP contribution in [-0.2, 0) is 17.9 Å². The largest absolute Gasteiger partial charge is 0.353 e. The lowest BCUT2D eigenvalue weighted by Crippen LogP contribution is -2.28. The predicted molar refractivity (Wildman–Crippen MR) is 114 cm³/mol. The van der Waals surface area contributed by atoms with Gasteiger partial charge in [-0.05, 0) is 30.5 Å². The fourth-order valence-electron chi connectivity index (χ4n) is 2.86. The fourth-order valence-corrected chi connectivity index (χ4v) is 3.90. The maximum absolute atomic E-state index is 12.9. The van der Waals surface area contributed by atoms with Crippen LogP contribution in [0.1, 0.15) is 25.1 Å². The molecule has 28 heavy (non-hydrogen) atoms. The van der Waals surface area contributed by atoms with Crippen molar-refractivity contribution in [2.24, 2.45) is 5.92 Å². The molecule has 0 saturated carbocycles. The summed E-state index contributed by atoms with van der Waals surface area (Å²) < 4.78 is 1.65. The number of H-pyrrole nitrogens is 1. The van der Waals surface area contributed by atoms with Gasteiger partial charge in [-0.15, -0.1) is 0 Å². The molecule has 8 heteroatoms. The highest BCUT2D eigenvalue weighted by atomic mass is 35.5. The number of aromatic amines is 1. The Kier molecular flexibility index (Phi) is 6.46. The number of halogens is 1. The quantitative estimate of drug-likeness (QED) is 0.452. The predicted octanol–water partition coefficient (Wildman–Crippen LogP) is 3.75. The topological polar surface area (TPSA) is 79.8 Å². The van der Waals surface area contributed by atoms with Gasteiger partial charge in [0.05, 0.1) is 11.3 Å². The van der Waals surface area contributed by atoms with Gasteiger partial charge >= 0.3 is 0 Å². The number of aromatic nitrogens is 3. The van der Waals surface area contributed by atoms with Crippen LogP contribution in [0.3, 0.4) is 0 Å². The molecule has 0 aliphatic rings. The molecular formula is C20H23ClN4O2S. The first-order chi connectivity index (χ1) is 13.3. The molecule has 0 unspecified atom stereocenters. The normalized spacial score (nSPS) is 11.3. The van der Waals surface area contributed by atoms with Crippen molar-refractivity contribution < 1.29 is 4.79 Å². The van der Waals surface area contributed by atoms with E-state index in [9.17, 15) is 9.59 Å². The van der Waals surface area contributed by atoms with Gasteiger partial charge in [-0.2, -0.15) is 0 Å². The standard InChI is InChI=1S/C20H23ClN4O2S/c1-12(2)10-25-19(27)18-16(8-13(3)23-18)24-20(25)28-11-17(26)22-9-14-6-4-5-7-15(14)21/h4-8,12,23H,9-11H2,1-3H3,(H,22,26). The average Bonchev–Trinajstić information content (AvgIpc) is 3.02. The van der Waals surface area contributed by atoms with Crippen LogP contribution in [0.4, 0.5) is 0 Å². The summed E-state index contributed by atoms with van der Waals surface area (Å²) in [5.41, 5.74) is 2.77. The van der Waals surface area contributed by atoms with Crippen LogP contribution in [0.15, 0.2) is 40.3 Å². The van der Waals surface area contributed by atoms with Gasteiger partial charge in [0, 0.05) is 23.8 Å². The molecular weight excluding hydrogens is 396 g/mol. The summed E-state index contributed by atoms with van der Waals surface area (Å²) >= 11 is 7.38. The van der Waals surface area contributed by atoms with Crippen LogP contribution < -0.4 is 10.9 Å². The lowest BCUT2D eigenvalue weighted by Gasteiger charge is -2.14. The Labute approximate surface area is 172 Å². The van der Waals surface area contributed by atoms with Gasteiger partial charge < -0.3 is 10.3 Å². The summed E-state index contributed by atoms with van der Waals surface area (Å²) in [6, 6.07) is 9.24. The molecule has 1 aromatic carbocycles. The van der Waals surface area contributed by atoms with E-state index in [0.717, 1.165) is 11.3 Å². The zero-order chi connectivity index (χ0) is 20.3. The molecule has 0 aliphatic heterocycles. The highest BCUT2D eigenvalue weighted by Crippen LogP contribution is 2.20. The summed E-state index contributed by atoms with van der Waals surface area (Å²) in [6.07, 6.45) is 0. The van der Waals surface area contributed by atoms with Crippen LogP contribution >= 0.6 is 23.4 Å². The number of hydrogen-bond acceptors (Lipinski definition) is 4. The first kappa shape index (κ1) is 20.5. The number of fused-ring (bicyclic) bond motifs is 1. The van der Waals surface area contributed by atoms with Crippen LogP contribution in [0, 0.1) is 12.8 Å². The van der Waals surface area contributed by atoms with E-state index in [4.69, 9.17) is 11.6 Å². The van der Waals surface area contributed by atoms with Crippen molar-refractivity contribution in [1.82, 2.24) is 19.9 Å². The molecule has 0 bridgehead atoms. The van der Waals surface area contributed by atoms with E-state index in [1.165, 1.54) is 11.8 Å². The van der Waals surface area contributed by atoms with Crippen molar-refractivity contribution in [3.05, 3.63) is 57.0 Å². The maximum Gasteiger partial charge on any atom is 0.278 e. The lowest BCUT2D eigenvalue weighted by molar-refractivity contribution is -0.118. The number of aryl methyl sites for hydroxylation is 1. The second kappa shape index (κ2) is 8.84. The number of carbonyl (C=O) groups excluding carboxylic acids is 1. The van der Waals surface area contributed by atoms with Crippen molar-refractivity contribution in [1.29, 1.82) is 0 Å². The van der Waals surface area contributed by atoms with Crippen molar-refractivity contribution >= 4 is 40.3 Å². The number of nitrogens with zero attached hydrogens (tertiary/aromatic N) is 2. The third-order valence-electron chi connectivity index (χ3n) is 4.15. The number of thioether (sulfide) groups is 1. The summed E-state index contributed by atoms with van der Waals surface area (Å²) in [5, 5.41) is 4.04. The molecule has 6 nitrogen and oxygen atoms in total. The van der Waals surface area contributed by atoms with E-state index in [0.29, 0.717) is 34.3 Å². The zero-order valence-corrected chi connectivity index (χ0v) is 17.7. The van der Waals surface area contributed by atoms with E-state index in [1.807, 2.05) is 45.0 Å². The number of carbonyl (C=O) groups is 1. The van der Waals surface area contributed by atoms with Gasteiger partial charge in [-0.3, -0.25) is 14.2 Å². The van der Waals surface area contributed by atoms with E-state index in [-0.39, 0.29) is 23.1 Å². The minimum atomic E-state index is -0.138. The summed E-state index contributed by atoms with van der Waals surface area (Å²) in [4.78, 5) is 32.8. The van der Waals surface area contributed by atoms with Crippen LogP contribution in [0.25, 0.3) is 11.0 Å². The molecule has 0 atom stereocenters. The van der Waals surface area contributed by atoms with Crippen molar-refractivity contribution in [3.8, 4) is 0 Å². The third-order valence-corrected chi connectivity index (χ3v) is 5.50. The van der Waals surface area contributed by atoms with E-state index >= 15 is 0 Å². The van der Waals surface area contributed by atoms with Crippen molar-refractivity contribution in [2.75, 3.05) is 5.75 Å². The first-order valence-electron chi connectivity index (χ1n) is 9.08. The van der Waals surface area contributed by atoms with Crippen LogP contribution in [0.2, 0.25) is 5.02 Å².